The van der Waals surface area contributed by atoms with Gasteiger partial charge in [0.15, 0.2) is 0 Å². The molecule has 6 heteroatoms. The third-order valence-corrected chi connectivity index (χ3v) is 3.44. The van der Waals surface area contributed by atoms with Crippen molar-refractivity contribution in [3.05, 3.63) is 23.9 Å². The van der Waals surface area contributed by atoms with Gasteiger partial charge in [-0.2, -0.15) is 0 Å². The smallest absolute Gasteiger partial charge is 0.256 e. The lowest BCUT2D eigenvalue weighted by molar-refractivity contribution is 0.0204. The number of nitrogens with zero attached hydrogens (tertiary/aromatic N) is 2. The second-order valence-corrected chi connectivity index (χ2v) is 4.77. The van der Waals surface area contributed by atoms with E-state index in [-0.39, 0.29) is 11.9 Å². The summed E-state index contributed by atoms with van der Waals surface area (Å²) in [5.74, 6) is 0.194. The normalized spacial score (nSPS) is 17.5. The standard InChI is InChI=1S/C14H21N3O3/c1-11(17-6-8-20-9-7-17)10-16-13(18)12-4-3-5-15-14(12)19-2/h3-5,11H,6-10H2,1-2H3,(H,16,18)/t11-/m0/s1. The molecule has 20 heavy (non-hydrogen) atoms. The Bertz CT molecular complexity index is 447. The zero-order valence-electron chi connectivity index (χ0n) is 12.0. The molecule has 0 aliphatic carbocycles. The van der Waals surface area contributed by atoms with Crippen molar-refractivity contribution >= 4 is 5.91 Å². The zero-order chi connectivity index (χ0) is 14.4. The van der Waals surface area contributed by atoms with E-state index >= 15 is 0 Å². The van der Waals surface area contributed by atoms with Gasteiger partial charge in [-0.05, 0) is 19.1 Å². The van der Waals surface area contributed by atoms with E-state index in [2.05, 4.69) is 22.1 Å². The molecule has 1 aliphatic heterocycles. The van der Waals surface area contributed by atoms with Crippen LogP contribution < -0.4 is 10.1 Å². The number of carbonyl (C=O) groups is 1. The van der Waals surface area contributed by atoms with Crippen molar-refractivity contribution in [1.82, 2.24) is 15.2 Å². The van der Waals surface area contributed by atoms with Crippen molar-refractivity contribution in [2.75, 3.05) is 40.0 Å². The average Bonchev–Trinajstić information content (AvgIpc) is 2.53. The van der Waals surface area contributed by atoms with Crippen LogP contribution in [0.5, 0.6) is 5.88 Å². The zero-order valence-corrected chi connectivity index (χ0v) is 12.0. The summed E-state index contributed by atoms with van der Waals surface area (Å²) in [5, 5.41) is 2.93. The van der Waals surface area contributed by atoms with Gasteiger partial charge in [-0.25, -0.2) is 4.98 Å². The van der Waals surface area contributed by atoms with Crippen molar-refractivity contribution in [2.45, 2.75) is 13.0 Å². The number of methoxy groups -OCH3 is 1. The minimum Gasteiger partial charge on any atom is -0.480 e. The molecule has 2 rings (SSSR count). The lowest BCUT2D eigenvalue weighted by Crippen LogP contribution is -2.47. The molecular formula is C14H21N3O3. The van der Waals surface area contributed by atoms with Gasteiger partial charge < -0.3 is 14.8 Å². The quantitative estimate of drug-likeness (QED) is 0.852. The summed E-state index contributed by atoms with van der Waals surface area (Å²) < 4.78 is 10.4. The second kappa shape index (κ2) is 7.21. The molecule has 1 saturated heterocycles. The van der Waals surface area contributed by atoms with E-state index in [0.717, 1.165) is 26.3 Å². The molecule has 0 saturated carbocycles. The number of nitrogens with one attached hydrogen (secondary N) is 1. The molecule has 1 aromatic rings. The first-order chi connectivity index (χ1) is 9.72. The van der Waals surface area contributed by atoms with E-state index in [4.69, 9.17) is 9.47 Å². The van der Waals surface area contributed by atoms with Crippen LogP contribution in [0.2, 0.25) is 0 Å². The Labute approximate surface area is 119 Å². The number of morpholine rings is 1. The first-order valence-corrected chi connectivity index (χ1v) is 6.81. The van der Waals surface area contributed by atoms with Crippen LogP contribution in [-0.2, 0) is 4.74 Å². The van der Waals surface area contributed by atoms with Crippen molar-refractivity contribution in [3.8, 4) is 5.88 Å². The van der Waals surface area contributed by atoms with Gasteiger partial charge in [0, 0.05) is 31.9 Å². The summed E-state index contributed by atoms with van der Waals surface area (Å²) in [7, 11) is 1.51. The fourth-order valence-corrected chi connectivity index (χ4v) is 2.21. The van der Waals surface area contributed by atoms with Gasteiger partial charge in [0.2, 0.25) is 5.88 Å². The number of pyridine rings is 1. The third kappa shape index (κ3) is 3.68. The number of carbonyl (C=O) groups excluding carboxylic acids is 1. The summed E-state index contributed by atoms with van der Waals surface area (Å²) in [6.07, 6.45) is 1.60. The van der Waals surface area contributed by atoms with Crippen LogP contribution in [0, 0.1) is 0 Å². The molecule has 110 valence electrons. The Morgan fingerprint density at radius 1 is 1.55 bits per heavy atom. The minimum atomic E-state index is -0.157. The SMILES string of the molecule is COc1ncccc1C(=O)NC[C@H](C)N1CCOCC1. The molecule has 6 nitrogen and oxygen atoms in total. The number of hydrogen-bond acceptors (Lipinski definition) is 5. The molecular weight excluding hydrogens is 258 g/mol. The highest BCUT2D eigenvalue weighted by Gasteiger charge is 2.19. The molecule has 2 heterocycles. The van der Waals surface area contributed by atoms with Crippen LogP contribution in [-0.4, -0.2) is 61.8 Å². The average molecular weight is 279 g/mol. The van der Waals surface area contributed by atoms with E-state index in [1.54, 1.807) is 18.3 Å². The van der Waals surface area contributed by atoms with Crippen LogP contribution in [0.1, 0.15) is 17.3 Å². The summed E-state index contributed by atoms with van der Waals surface area (Å²) in [6, 6.07) is 3.72. The van der Waals surface area contributed by atoms with E-state index in [0.29, 0.717) is 18.0 Å². The Hall–Kier alpha value is -1.66. The molecule has 1 atom stereocenters. The lowest BCUT2D eigenvalue weighted by atomic mass is 10.2. The molecule has 0 bridgehead atoms. The highest BCUT2D eigenvalue weighted by Crippen LogP contribution is 2.13. The maximum atomic E-state index is 12.1. The molecule has 1 aliphatic rings. The summed E-state index contributed by atoms with van der Waals surface area (Å²) in [6.45, 7) is 6.03. The van der Waals surface area contributed by atoms with Crippen LogP contribution >= 0.6 is 0 Å². The summed E-state index contributed by atoms with van der Waals surface area (Å²) >= 11 is 0. The van der Waals surface area contributed by atoms with Crippen LogP contribution in [0.25, 0.3) is 0 Å². The summed E-state index contributed by atoms with van der Waals surface area (Å²) in [5.41, 5.74) is 0.462. The molecule has 1 fully saturated rings. The van der Waals surface area contributed by atoms with Crippen LogP contribution in [0.15, 0.2) is 18.3 Å². The number of rotatable bonds is 5. The van der Waals surface area contributed by atoms with Gasteiger partial charge in [0.05, 0.1) is 20.3 Å². The van der Waals surface area contributed by atoms with E-state index in [1.165, 1.54) is 7.11 Å². The maximum Gasteiger partial charge on any atom is 0.256 e. The molecule has 1 N–H and O–H groups in total. The Balaban J connectivity index is 1.88. The van der Waals surface area contributed by atoms with Gasteiger partial charge in [-0.15, -0.1) is 0 Å². The Morgan fingerprint density at radius 2 is 2.30 bits per heavy atom. The van der Waals surface area contributed by atoms with E-state index in [1.807, 2.05) is 0 Å². The van der Waals surface area contributed by atoms with Crippen LogP contribution in [0.3, 0.4) is 0 Å². The van der Waals surface area contributed by atoms with Gasteiger partial charge in [0.25, 0.3) is 5.91 Å². The van der Waals surface area contributed by atoms with Crippen molar-refractivity contribution in [3.63, 3.8) is 0 Å². The number of aromatic nitrogens is 1. The molecule has 0 radical (unpaired) electrons. The Morgan fingerprint density at radius 3 is 3.00 bits per heavy atom. The lowest BCUT2D eigenvalue weighted by Gasteiger charge is -2.32. The number of amides is 1. The van der Waals surface area contributed by atoms with Gasteiger partial charge in [-0.1, -0.05) is 0 Å². The maximum absolute atomic E-state index is 12.1. The topological polar surface area (TPSA) is 63.7 Å². The summed E-state index contributed by atoms with van der Waals surface area (Å²) in [4.78, 5) is 18.5. The van der Waals surface area contributed by atoms with E-state index < -0.39 is 0 Å². The monoisotopic (exact) mass is 279 g/mol. The molecule has 1 aromatic heterocycles. The van der Waals surface area contributed by atoms with Crippen molar-refractivity contribution < 1.29 is 14.3 Å². The number of ether oxygens (including phenoxy) is 2. The highest BCUT2D eigenvalue weighted by atomic mass is 16.5. The third-order valence-electron chi connectivity index (χ3n) is 3.44. The largest absolute Gasteiger partial charge is 0.480 e. The number of hydrogen-bond donors (Lipinski definition) is 1. The minimum absolute atomic E-state index is 0.157. The Kier molecular flexibility index (Phi) is 5.31. The van der Waals surface area contributed by atoms with Gasteiger partial charge in [0.1, 0.15) is 5.56 Å². The molecule has 1 amide bonds. The molecule has 0 aromatic carbocycles. The molecule has 0 unspecified atom stereocenters. The highest BCUT2D eigenvalue weighted by molar-refractivity contribution is 5.96. The van der Waals surface area contributed by atoms with Crippen molar-refractivity contribution in [2.24, 2.45) is 0 Å². The second-order valence-electron chi connectivity index (χ2n) is 4.77. The predicted molar refractivity (Wildman–Crippen MR) is 75.0 cm³/mol. The van der Waals surface area contributed by atoms with E-state index in [9.17, 15) is 4.79 Å². The predicted octanol–water partition coefficient (Wildman–Crippen LogP) is 0.541. The first kappa shape index (κ1) is 14.7. The first-order valence-electron chi connectivity index (χ1n) is 6.81. The van der Waals surface area contributed by atoms with Gasteiger partial charge >= 0.3 is 0 Å². The molecule has 0 spiro atoms. The van der Waals surface area contributed by atoms with Crippen molar-refractivity contribution in [1.29, 1.82) is 0 Å². The van der Waals surface area contributed by atoms with Gasteiger partial charge in [-0.3, -0.25) is 9.69 Å². The fraction of sp³-hybridized carbons (Fsp3) is 0.571. The van der Waals surface area contributed by atoms with Crippen LogP contribution in [0.4, 0.5) is 0 Å². The fourth-order valence-electron chi connectivity index (χ4n) is 2.21.